The Morgan fingerprint density at radius 2 is 2.10 bits per heavy atom. The van der Waals surface area contributed by atoms with Gasteiger partial charge in [-0.1, -0.05) is 0 Å². The number of nitrogens with zero attached hydrogens (tertiary/aromatic N) is 2. The molecule has 1 aromatic heterocycles. The van der Waals surface area contributed by atoms with Crippen LogP contribution in [0.3, 0.4) is 0 Å². The summed E-state index contributed by atoms with van der Waals surface area (Å²) in [6, 6.07) is 2.20. The predicted octanol–water partition coefficient (Wildman–Crippen LogP) is 2.11. The molecular weight excluding hydrogens is 276 g/mol. The molecule has 5 nitrogen and oxygen atoms in total. The van der Waals surface area contributed by atoms with E-state index in [0.717, 1.165) is 23.3 Å². The maximum atomic E-state index is 12.4. The second-order valence-corrected chi connectivity index (χ2v) is 6.18. The summed E-state index contributed by atoms with van der Waals surface area (Å²) in [4.78, 5) is 28.5. The topological polar surface area (TPSA) is 49.9 Å². The highest BCUT2D eigenvalue weighted by Crippen LogP contribution is 2.23. The molecule has 20 heavy (non-hydrogen) atoms. The fourth-order valence-electron chi connectivity index (χ4n) is 2.85. The van der Waals surface area contributed by atoms with Crippen LogP contribution in [0.25, 0.3) is 0 Å². The normalized spacial score (nSPS) is 20.4. The first-order chi connectivity index (χ1) is 9.66. The molecule has 1 aromatic rings. The van der Waals surface area contributed by atoms with Gasteiger partial charge in [-0.15, -0.1) is 11.3 Å². The van der Waals surface area contributed by atoms with Gasteiger partial charge in [-0.2, -0.15) is 0 Å². The lowest BCUT2D eigenvalue weighted by molar-refractivity contribution is 0.0662. The molecule has 0 atom stereocenters. The van der Waals surface area contributed by atoms with E-state index in [0.29, 0.717) is 26.2 Å². The minimum absolute atomic E-state index is 0.125. The highest BCUT2D eigenvalue weighted by atomic mass is 32.1. The van der Waals surface area contributed by atoms with Gasteiger partial charge in [0.1, 0.15) is 6.61 Å². The molecule has 0 unspecified atom stereocenters. The summed E-state index contributed by atoms with van der Waals surface area (Å²) >= 11 is 1.50. The molecule has 0 aromatic carbocycles. The number of hydrogen-bond acceptors (Lipinski definition) is 4. The molecular formula is C14H18N2O3S. The molecule has 3 rings (SSSR count). The summed E-state index contributed by atoms with van der Waals surface area (Å²) in [6.45, 7) is 4.57. The zero-order chi connectivity index (χ0) is 14.1. The van der Waals surface area contributed by atoms with E-state index >= 15 is 0 Å². The van der Waals surface area contributed by atoms with Gasteiger partial charge < -0.3 is 14.5 Å². The molecule has 0 radical (unpaired) electrons. The molecule has 0 bridgehead atoms. The molecule has 0 N–H and O–H groups in total. The summed E-state index contributed by atoms with van der Waals surface area (Å²) in [5.74, 6) is 0.125. The number of ether oxygens (including phenoxy) is 1. The van der Waals surface area contributed by atoms with Gasteiger partial charge in [0.05, 0.1) is 11.4 Å². The molecule has 2 aliphatic rings. The van der Waals surface area contributed by atoms with Crippen LogP contribution in [0.1, 0.15) is 28.1 Å². The Morgan fingerprint density at radius 3 is 2.65 bits per heavy atom. The minimum atomic E-state index is -0.205. The van der Waals surface area contributed by atoms with E-state index in [1.165, 1.54) is 11.3 Å². The Morgan fingerprint density at radius 1 is 1.35 bits per heavy atom. The maximum Gasteiger partial charge on any atom is 0.410 e. The van der Waals surface area contributed by atoms with Crippen molar-refractivity contribution in [3.05, 3.63) is 21.9 Å². The molecule has 108 valence electrons. The highest BCUT2D eigenvalue weighted by Gasteiger charge is 2.33. The highest BCUT2D eigenvalue weighted by molar-refractivity contribution is 7.12. The van der Waals surface area contributed by atoms with Gasteiger partial charge >= 0.3 is 6.09 Å². The Labute approximate surface area is 122 Å². The Bertz CT molecular complexity index is 520. The van der Waals surface area contributed by atoms with Gasteiger partial charge in [-0.25, -0.2) is 4.79 Å². The van der Waals surface area contributed by atoms with Crippen molar-refractivity contribution in [2.75, 3.05) is 26.2 Å². The van der Waals surface area contributed by atoms with Crippen LogP contribution in [0.2, 0.25) is 0 Å². The van der Waals surface area contributed by atoms with Crippen LogP contribution in [0, 0.1) is 6.92 Å². The molecule has 6 heteroatoms. The molecule has 2 amide bonds. The molecule has 2 saturated heterocycles. The Balaban J connectivity index is 1.60. The van der Waals surface area contributed by atoms with Crippen molar-refractivity contribution in [3.63, 3.8) is 0 Å². The van der Waals surface area contributed by atoms with E-state index < -0.39 is 0 Å². The number of likely N-dealkylation sites (tertiary alicyclic amines) is 1. The van der Waals surface area contributed by atoms with Crippen molar-refractivity contribution >= 4 is 23.3 Å². The molecule has 0 aliphatic carbocycles. The predicted molar refractivity (Wildman–Crippen MR) is 76.0 cm³/mol. The number of carbonyl (C=O) groups is 2. The lowest BCUT2D eigenvalue weighted by Gasteiger charge is -2.35. The van der Waals surface area contributed by atoms with Crippen LogP contribution in [0.4, 0.5) is 4.79 Å². The van der Waals surface area contributed by atoms with Crippen molar-refractivity contribution in [1.82, 2.24) is 9.80 Å². The van der Waals surface area contributed by atoms with E-state index in [1.807, 2.05) is 23.3 Å². The van der Waals surface area contributed by atoms with Crippen molar-refractivity contribution in [2.24, 2.45) is 0 Å². The molecule has 2 fully saturated rings. The van der Waals surface area contributed by atoms with Gasteiger partial charge in [0.15, 0.2) is 0 Å². The third kappa shape index (κ3) is 2.40. The average Bonchev–Trinajstić information content (AvgIpc) is 3.07. The van der Waals surface area contributed by atoms with Crippen molar-refractivity contribution in [1.29, 1.82) is 0 Å². The maximum absolute atomic E-state index is 12.4. The zero-order valence-electron chi connectivity index (χ0n) is 11.5. The van der Waals surface area contributed by atoms with Crippen LogP contribution in [-0.2, 0) is 4.74 Å². The van der Waals surface area contributed by atoms with Gasteiger partial charge in [-0.3, -0.25) is 4.79 Å². The van der Waals surface area contributed by atoms with Gasteiger partial charge in [-0.05, 0) is 36.8 Å². The van der Waals surface area contributed by atoms with Gasteiger partial charge in [0.25, 0.3) is 5.91 Å². The quantitative estimate of drug-likeness (QED) is 0.839. The standard InChI is InChI=1S/C14H18N2O3S/c1-10-4-9-20-12(10)13(17)15-5-2-11(3-6-15)16-7-8-19-14(16)18/h4,9,11H,2-3,5-8H2,1H3. The smallest absolute Gasteiger partial charge is 0.410 e. The van der Waals surface area contributed by atoms with Crippen LogP contribution in [0.15, 0.2) is 11.4 Å². The van der Waals surface area contributed by atoms with E-state index in [2.05, 4.69) is 0 Å². The van der Waals surface area contributed by atoms with Crippen molar-refractivity contribution < 1.29 is 14.3 Å². The summed E-state index contributed by atoms with van der Waals surface area (Å²) in [5.41, 5.74) is 1.05. The van der Waals surface area contributed by atoms with Gasteiger partial charge in [0.2, 0.25) is 0 Å². The SMILES string of the molecule is Cc1ccsc1C(=O)N1CCC(N2CCOC2=O)CC1. The zero-order valence-corrected chi connectivity index (χ0v) is 12.3. The van der Waals surface area contributed by atoms with E-state index in [9.17, 15) is 9.59 Å². The number of piperidine rings is 1. The Kier molecular flexibility index (Phi) is 3.65. The number of aryl methyl sites for hydroxylation is 1. The number of hydrogen-bond donors (Lipinski definition) is 0. The first-order valence-corrected chi connectivity index (χ1v) is 7.81. The molecule has 3 heterocycles. The minimum Gasteiger partial charge on any atom is -0.448 e. The van der Waals surface area contributed by atoms with Gasteiger partial charge in [0, 0.05) is 19.1 Å². The molecule has 0 saturated carbocycles. The lowest BCUT2D eigenvalue weighted by atomic mass is 10.0. The number of carbonyl (C=O) groups excluding carboxylic acids is 2. The second kappa shape index (κ2) is 5.44. The Hall–Kier alpha value is -1.56. The molecule has 0 spiro atoms. The first-order valence-electron chi connectivity index (χ1n) is 6.93. The van der Waals surface area contributed by atoms with E-state index in [4.69, 9.17) is 4.74 Å². The van der Waals surface area contributed by atoms with Crippen molar-refractivity contribution in [2.45, 2.75) is 25.8 Å². The third-order valence-electron chi connectivity index (χ3n) is 4.04. The monoisotopic (exact) mass is 294 g/mol. The summed E-state index contributed by atoms with van der Waals surface area (Å²) < 4.78 is 4.98. The fraction of sp³-hybridized carbons (Fsp3) is 0.571. The van der Waals surface area contributed by atoms with Crippen molar-refractivity contribution in [3.8, 4) is 0 Å². The number of rotatable bonds is 2. The second-order valence-electron chi connectivity index (χ2n) is 5.26. The lowest BCUT2D eigenvalue weighted by Crippen LogP contribution is -2.47. The average molecular weight is 294 g/mol. The number of thiophene rings is 1. The van der Waals surface area contributed by atoms with Crippen LogP contribution in [-0.4, -0.2) is 54.1 Å². The molecule has 2 aliphatic heterocycles. The summed E-state index contributed by atoms with van der Waals surface area (Å²) in [5, 5.41) is 1.95. The van der Waals surface area contributed by atoms with E-state index in [-0.39, 0.29) is 18.0 Å². The summed E-state index contributed by atoms with van der Waals surface area (Å²) in [6.07, 6.45) is 1.47. The van der Waals surface area contributed by atoms with Crippen LogP contribution < -0.4 is 0 Å². The number of cyclic esters (lactones) is 1. The van der Waals surface area contributed by atoms with Crippen LogP contribution >= 0.6 is 11.3 Å². The summed E-state index contributed by atoms with van der Waals surface area (Å²) in [7, 11) is 0. The third-order valence-corrected chi connectivity index (χ3v) is 5.05. The first kappa shape index (κ1) is 13.4. The fourth-order valence-corrected chi connectivity index (χ4v) is 3.75. The largest absolute Gasteiger partial charge is 0.448 e. The van der Waals surface area contributed by atoms with Crippen LogP contribution in [0.5, 0.6) is 0 Å². The number of amides is 2. The van der Waals surface area contributed by atoms with E-state index in [1.54, 1.807) is 4.90 Å².